The average Bonchev–Trinajstić information content (AvgIpc) is 3.06. The van der Waals surface area contributed by atoms with Crippen molar-refractivity contribution in [2.75, 3.05) is 0 Å². The summed E-state index contributed by atoms with van der Waals surface area (Å²) < 4.78 is 16.2. The topological polar surface area (TPSA) is 28.7 Å². The highest BCUT2D eigenvalue weighted by molar-refractivity contribution is 5.98. The summed E-state index contributed by atoms with van der Waals surface area (Å²) in [5.41, 5.74) is 5.25. The lowest BCUT2D eigenvalue weighted by Crippen LogP contribution is -2.00. The molecule has 0 saturated carbocycles. The van der Waals surface area contributed by atoms with E-state index < -0.39 is 0 Å². The molecule has 0 aliphatic rings. The summed E-state index contributed by atoms with van der Waals surface area (Å²) in [7, 11) is 0. The number of hydrogen-bond acceptors (Lipinski definition) is 1. The predicted octanol–water partition coefficient (Wildman–Crippen LogP) is 6.20. The Morgan fingerprint density at radius 2 is 1.71 bits per heavy atom. The second kappa shape index (κ2) is 7.54. The third kappa shape index (κ3) is 3.45. The first-order chi connectivity index (χ1) is 13.7. The maximum atomic E-state index is 14.1. The van der Waals surface area contributed by atoms with E-state index >= 15 is 0 Å². The highest BCUT2D eigenvalue weighted by Crippen LogP contribution is 2.27. The molecule has 0 unspecified atom stereocenters. The fraction of sp³-hybridized carbons (Fsp3) is 0.0800. The average molecular weight is 366 g/mol. The van der Waals surface area contributed by atoms with Crippen molar-refractivity contribution in [3.8, 4) is 6.07 Å². The summed E-state index contributed by atoms with van der Waals surface area (Å²) >= 11 is 0. The van der Waals surface area contributed by atoms with Crippen LogP contribution in [0, 0.1) is 24.1 Å². The number of aryl methyl sites for hydroxylation is 1. The molecular weight excluding hydrogens is 347 g/mol. The summed E-state index contributed by atoms with van der Waals surface area (Å²) in [6.07, 6.45) is 3.90. The van der Waals surface area contributed by atoms with Crippen LogP contribution >= 0.6 is 0 Å². The molecule has 0 fully saturated rings. The molecule has 28 heavy (non-hydrogen) atoms. The van der Waals surface area contributed by atoms with Gasteiger partial charge in [0.25, 0.3) is 0 Å². The first-order valence-corrected chi connectivity index (χ1v) is 9.16. The summed E-state index contributed by atoms with van der Waals surface area (Å²) in [5.74, 6) is -0.213. The van der Waals surface area contributed by atoms with Crippen molar-refractivity contribution in [2.45, 2.75) is 13.5 Å². The van der Waals surface area contributed by atoms with Gasteiger partial charge in [-0.05, 0) is 30.7 Å². The number of rotatable bonds is 4. The van der Waals surface area contributed by atoms with Crippen LogP contribution in [0.5, 0.6) is 0 Å². The quantitative estimate of drug-likeness (QED) is 0.395. The Morgan fingerprint density at radius 1 is 1.00 bits per heavy atom. The van der Waals surface area contributed by atoms with Crippen molar-refractivity contribution < 1.29 is 4.39 Å². The number of halogens is 1. The number of fused-ring (bicyclic) bond motifs is 1. The smallest absolute Gasteiger partial charge is 0.128 e. The van der Waals surface area contributed by atoms with Crippen LogP contribution < -0.4 is 0 Å². The molecular formula is C25H19FN2. The minimum absolute atomic E-state index is 0.213. The monoisotopic (exact) mass is 366 g/mol. The van der Waals surface area contributed by atoms with E-state index in [0.717, 1.165) is 27.6 Å². The van der Waals surface area contributed by atoms with Gasteiger partial charge in [-0.1, -0.05) is 66.2 Å². The molecule has 4 aromatic rings. The van der Waals surface area contributed by atoms with Gasteiger partial charge in [-0.25, -0.2) is 4.39 Å². The van der Waals surface area contributed by atoms with Gasteiger partial charge >= 0.3 is 0 Å². The zero-order chi connectivity index (χ0) is 19.5. The SMILES string of the molecule is Cc1ccc(/C(C#N)=C\c2cn(Cc3ccccc3F)c3ccccc23)cc1. The number of benzene rings is 3. The van der Waals surface area contributed by atoms with Gasteiger partial charge in [-0.15, -0.1) is 0 Å². The lowest BCUT2D eigenvalue weighted by molar-refractivity contribution is 0.602. The second-order valence-electron chi connectivity index (χ2n) is 6.86. The number of nitrogens with zero attached hydrogens (tertiary/aromatic N) is 2. The Morgan fingerprint density at radius 3 is 2.46 bits per heavy atom. The fourth-order valence-electron chi connectivity index (χ4n) is 3.40. The first-order valence-electron chi connectivity index (χ1n) is 9.16. The zero-order valence-electron chi connectivity index (χ0n) is 15.6. The van der Waals surface area contributed by atoms with E-state index in [1.54, 1.807) is 12.1 Å². The van der Waals surface area contributed by atoms with Crippen molar-refractivity contribution in [1.29, 1.82) is 5.26 Å². The standard InChI is InChI=1S/C25H19FN2/c1-18-10-12-19(13-11-18)21(15-27)14-22-17-28(25-9-5-3-7-23(22)25)16-20-6-2-4-8-24(20)26/h2-14,17H,16H2,1H3/b21-14-. The van der Waals surface area contributed by atoms with Crippen LogP contribution in [0.4, 0.5) is 4.39 Å². The lowest BCUT2D eigenvalue weighted by atomic mass is 10.0. The van der Waals surface area contributed by atoms with Crippen molar-refractivity contribution in [3.63, 3.8) is 0 Å². The molecule has 0 radical (unpaired) electrons. The molecule has 0 amide bonds. The maximum absolute atomic E-state index is 14.1. The lowest BCUT2D eigenvalue weighted by Gasteiger charge is -2.06. The molecule has 4 rings (SSSR count). The summed E-state index contributed by atoms with van der Waals surface area (Å²) in [4.78, 5) is 0. The van der Waals surface area contributed by atoms with Gasteiger partial charge in [0.05, 0.1) is 18.2 Å². The van der Waals surface area contributed by atoms with Gasteiger partial charge in [0.2, 0.25) is 0 Å². The van der Waals surface area contributed by atoms with E-state index in [9.17, 15) is 9.65 Å². The molecule has 1 heterocycles. The molecule has 136 valence electrons. The maximum Gasteiger partial charge on any atom is 0.128 e. The Bertz CT molecular complexity index is 1210. The zero-order valence-corrected chi connectivity index (χ0v) is 15.6. The van der Waals surface area contributed by atoms with Gasteiger partial charge in [-0.3, -0.25) is 0 Å². The number of nitriles is 1. The van der Waals surface area contributed by atoms with Crippen LogP contribution in [-0.2, 0) is 6.54 Å². The van der Waals surface area contributed by atoms with Crippen molar-refractivity contribution >= 4 is 22.6 Å². The Balaban J connectivity index is 1.81. The van der Waals surface area contributed by atoms with Gasteiger partial charge in [0, 0.05) is 28.2 Å². The van der Waals surface area contributed by atoms with Crippen LogP contribution in [0.2, 0.25) is 0 Å². The van der Waals surface area contributed by atoms with E-state index in [4.69, 9.17) is 0 Å². The first kappa shape index (κ1) is 17.8. The molecule has 0 saturated heterocycles. The van der Waals surface area contributed by atoms with Gasteiger partial charge in [0.1, 0.15) is 5.82 Å². The van der Waals surface area contributed by atoms with Crippen molar-refractivity contribution in [3.05, 3.63) is 107 Å². The third-order valence-electron chi connectivity index (χ3n) is 4.90. The Labute approximate surface area is 163 Å². The van der Waals surface area contributed by atoms with Crippen LogP contribution in [0.25, 0.3) is 22.6 Å². The normalized spacial score (nSPS) is 11.5. The Hall–Kier alpha value is -3.64. The predicted molar refractivity (Wildman–Crippen MR) is 112 cm³/mol. The minimum Gasteiger partial charge on any atom is -0.342 e. The van der Waals surface area contributed by atoms with Crippen molar-refractivity contribution in [1.82, 2.24) is 4.57 Å². The number of hydrogen-bond donors (Lipinski definition) is 0. The van der Waals surface area contributed by atoms with Gasteiger partial charge < -0.3 is 4.57 Å². The van der Waals surface area contributed by atoms with E-state index in [1.165, 1.54) is 6.07 Å². The summed E-state index contributed by atoms with van der Waals surface area (Å²) in [6, 6.07) is 25.1. The van der Waals surface area contributed by atoms with Crippen LogP contribution in [0.3, 0.4) is 0 Å². The van der Waals surface area contributed by atoms with Crippen LogP contribution in [0.1, 0.15) is 22.3 Å². The third-order valence-corrected chi connectivity index (χ3v) is 4.90. The molecule has 0 aliphatic carbocycles. The second-order valence-corrected chi connectivity index (χ2v) is 6.86. The van der Waals surface area contributed by atoms with Crippen LogP contribution in [0.15, 0.2) is 79.0 Å². The molecule has 0 N–H and O–H groups in total. The number of aromatic nitrogens is 1. The Kier molecular flexibility index (Phi) is 4.78. The van der Waals surface area contributed by atoms with Gasteiger partial charge in [0.15, 0.2) is 0 Å². The van der Waals surface area contributed by atoms with E-state index in [2.05, 4.69) is 6.07 Å². The molecule has 2 nitrogen and oxygen atoms in total. The van der Waals surface area contributed by atoms with Gasteiger partial charge in [-0.2, -0.15) is 5.26 Å². The van der Waals surface area contributed by atoms with E-state index in [-0.39, 0.29) is 5.82 Å². The minimum atomic E-state index is -0.213. The van der Waals surface area contributed by atoms with E-state index in [0.29, 0.717) is 17.7 Å². The van der Waals surface area contributed by atoms with E-state index in [1.807, 2.05) is 78.4 Å². The number of allylic oxidation sites excluding steroid dienone is 1. The highest BCUT2D eigenvalue weighted by Gasteiger charge is 2.10. The molecule has 0 aliphatic heterocycles. The molecule has 3 aromatic carbocycles. The van der Waals surface area contributed by atoms with Crippen LogP contribution in [-0.4, -0.2) is 4.57 Å². The molecule has 3 heteroatoms. The van der Waals surface area contributed by atoms with Crippen molar-refractivity contribution in [2.24, 2.45) is 0 Å². The molecule has 0 bridgehead atoms. The largest absolute Gasteiger partial charge is 0.342 e. The molecule has 0 atom stereocenters. The highest BCUT2D eigenvalue weighted by atomic mass is 19.1. The summed E-state index contributed by atoms with van der Waals surface area (Å²) in [6.45, 7) is 2.46. The fourth-order valence-corrected chi connectivity index (χ4v) is 3.40. The molecule has 0 spiro atoms. The molecule has 1 aromatic heterocycles. The summed E-state index contributed by atoms with van der Waals surface area (Å²) in [5, 5.41) is 10.7. The number of para-hydroxylation sites is 1.